The molecule has 0 unspecified atom stereocenters. The van der Waals surface area contributed by atoms with E-state index < -0.39 is 5.97 Å². The number of nitrogens with zero attached hydrogens (tertiary/aromatic N) is 2. The molecule has 2 heterocycles. The Bertz CT molecular complexity index is 493. The third-order valence-electron chi connectivity index (χ3n) is 1.89. The summed E-state index contributed by atoms with van der Waals surface area (Å²) >= 11 is 3.35. The van der Waals surface area contributed by atoms with Crippen LogP contribution in [0.3, 0.4) is 0 Å². The first-order valence-corrected chi connectivity index (χ1v) is 4.80. The van der Waals surface area contributed by atoms with Gasteiger partial charge in [-0.3, -0.25) is 9.20 Å². The Morgan fingerprint density at radius 1 is 1.57 bits per heavy atom. The third kappa shape index (κ3) is 1.50. The minimum absolute atomic E-state index is 0.0240. The first kappa shape index (κ1) is 9.21. The molecule has 0 saturated heterocycles. The predicted octanol–water partition coefficient (Wildman–Crippen LogP) is 1.72. The lowest BCUT2D eigenvalue weighted by molar-refractivity contribution is -0.136. The highest BCUT2D eigenvalue weighted by Crippen LogP contribution is 2.15. The van der Waals surface area contributed by atoms with Gasteiger partial charge in [-0.2, -0.15) is 0 Å². The number of halogens is 1. The summed E-state index contributed by atoms with van der Waals surface area (Å²) < 4.78 is 2.58. The minimum Gasteiger partial charge on any atom is -0.481 e. The Hall–Kier alpha value is -1.36. The lowest BCUT2D eigenvalue weighted by Crippen LogP contribution is -2.03. The van der Waals surface area contributed by atoms with Crippen molar-refractivity contribution in [3.8, 4) is 0 Å². The first-order chi connectivity index (χ1) is 6.68. The lowest BCUT2D eigenvalue weighted by Gasteiger charge is -2.00. The van der Waals surface area contributed by atoms with Gasteiger partial charge in [-0.15, -0.1) is 0 Å². The molecule has 0 amide bonds. The second-order valence-corrected chi connectivity index (χ2v) is 3.67. The minimum atomic E-state index is -0.859. The maximum Gasteiger partial charge on any atom is 0.309 e. The molecular weight excluding hydrogens is 248 g/mol. The van der Waals surface area contributed by atoms with Crippen molar-refractivity contribution in [2.75, 3.05) is 0 Å². The highest BCUT2D eigenvalue weighted by Gasteiger charge is 2.08. The molecule has 0 spiro atoms. The zero-order valence-corrected chi connectivity index (χ0v) is 8.73. The second-order valence-electron chi connectivity index (χ2n) is 2.86. The molecular formula is C9H7BrN2O2. The first-order valence-electron chi connectivity index (χ1n) is 4.01. The molecule has 72 valence electrons. The average Bonchev–Trinajstić information content (AvgIpc) is 2.49. The van der Waals surface area contributed by atoms with Crippen LogP contribution in [0, 0.1) is 0 Å². The van der Waals surface area contributed by atoms with E-state index in [9.17, 15) is 4.79 Å². The topological polar surface area (TPSA) is 54.6 Å². The molecule has 0 aromatic carbocycles. The van der Waals surface area contributed by atoms with E-state index in [1.54, 1.807) is 10.6 Å². The highest BCUT2D eigenvalue weighted by atomic mass is 79.9. The van der Waals surface area contributed by atoms with Crippen molar-refractivity contribution in [1.29, 1.82) is 0 Å². The fourth-order valence-corrected chi connectivity index (χ4v) is 1.90. The molecule has 0 fully saturated rings. The normalized spacial score (nSPS) is 10.6. The summed E-state index contributed by atoms with van der Waals surface area (Å²) in [6, 6.07) is 5.53. The number of aliphatic carboxylic acids is 1. The van der Waals surface area contributed by atoms with Gasteiger partial charge >= 0.3 is 5.97 Å². The van der Waals surface area contributed by atoms with Crippen LogP contribution in [0.25, 0.3) is 5.65 Å². The molecule has 0 bridgehead atoms. The van der Waals surface area contributed by atoms with Gasteiger partial charge in [-0.05, 0) is 28.1 Å². The van der Waals surface area contributed by atoms with Crippen LogP contribution in [0.5, 0.6) is 0 Å². The number of rotatable bonds is 2. The molecule has 14 heavy (non-hydrogen) atoms. The number of carboxylic acids is 1. The van der Waals surface area contributed by atoms with Crippen LogP contribution in [0.15, 0.2) is 29.0 Å². The molecule has 0 aliphatic rings. The second kappa shape index (κ2) is 3.42. The van der Waals surface area contributed by atoms with Crippen molar-refractivity contribution in [3.63, 3.8) is 0 Å². The molecule has 2 aromatic rings. The summed E-state index contributed by atoms with van der Waals surface area (Å²) in [5.74, 6) is -0.859. The maximum absolute atomic E-state index is 10.6. The summed E-state index contributed by atoms with van der Waals surface area (Å²) in [6.45, 7) is 0. The molecule has 0 aliphatic heterocycles. The quantitative estimate of drug-likeness (QED) is 0.831. The highest BCUT2D eigenvalue weighted by molar-refractivity contribution is 9.10. The van der Waals surface area contributed by atoms with Gasteiger partial charge in [0.05, 0.1) is 16.7 Å². The van der Waals surface area contributed by atoms with E-state index in [0.717, 1.165) is 10.3 Å². The lowest BCUT2D eigenvalue weighted by atomic mass is 10.3. The van der Waals surface area contributed by atoms with Crippen molar-refractivity contribution in [1.82, 2.24) is 9.38 Å². The molecule has 0 aliphatic carbocycles. The summed E-state index contributed by atoms with van der Waals surface area (Å²) in [5.41, 5.74) is 1.41. The number of imidazole rings is 1. The Morgan fingerprint density at radius 2 is 2.36 bits per heavy atom. The molecule has 2 aromatic heterocycles. The van der Waals surface area contributed by atoms with E-state index in [-0.39, 0.29) is 6.42 Å². The zero-order chi connectivity index (χ0) is 10.1. The predicted molar refractivity (Wildman–Crippen MR) is 54.2 cm³/mol. The number of hydrogen-bond donors (Lipinski definition) is 1. The van der Waals surface area contributed by atoms with Crippen LogP contribution in [-0.2, 0) is 11.2 Å². The molecule has 0 radical (unpaired) electrons. The van der Waals surface area contributed by atoms with Gasteiger partial charge in [-0.25, -0.2) is 4.98 Å². The van der Waals surface area contributed by atoms with Crippen molar-refractivity contribution < 1.29 is 9.90 Å². The van der Waals surface area contributed by atoms with Crippen molar-refractivity contribution in [3.05, 3.63) is 34.7 Å². The molecule has 2 rings (SSSR count). The van der Waals surface area contributed by atoms with Crippen LogP contribution in [-0.4, -0.2) is 20.5 Å². The number of carboxylic acid groups (broad SMARTS) is 1. The van der Waals surface area contributed by atoms with E-state index in [2.05, 4.69) is 20.9 Å². The summed E-state index contributed by atoms with van der Waals surface area (Å²) in [5, 5.41) is 8.68. The number of fused-ring (bicyclic) bond motifs is 1. The van der Waals surface area contributed by atoms with Gasteiger partial charge in [-0.1, -0.05) is 6.07 Å². The fraction of sp³-hybridized carbons (Fsp3) is 0.111. The van der Waals surface area contributed by atoms with Gasteiger partial charge in [0.25, 0.3) is 0 Å². The van der Waals surface area contributed by atoms with Gasteiger partial charge in [0.2, 0.25) is 0 Å². The Morgan fingerprint density at radius 3 is 3.07 bits per heavy atom. The van der Waals surface area contributed by atoms with Gasteiger partial charge in [0, 0.05) is 6.20 Å². The summed E-state index contributed by atoms with van der Waals surface area (Å²) in [4.78, 5) is 14.7. The number of carbonyl (C=O) groups is 1. The van der Waals surface area contributed by atoms with E-state index in [1.807, 2.05) is 18.2 Å². The third-order valence-corrected chi connectivity index (χ3v) is 2.51. The van der Waals surface area contributed by atoms with Crippen LogP contribution in [0.1, 0.15) is 5.69 Å². The van der Waals surface area contributed by atoms with Crippen molar-refractivity contribution in [2.24, 2.45) is 0 Å². The Kier molecular flexibility index (Phi) is 2.25. The van der Waals surface area contributed by atoms with Gasteiger partial charge in [0.15, 0.2) is 0 Å². The maximum atomic E-state index is 10.6. The van der Waals surface area contributed by atoms with Crippen molar-refractivity contribution >= 4 is 27.5 Å². The van der Waals surface area contributed by atoms with E-state index in [4.69, 9.17) is 5.11 Å². The van der Waals surface area contributed by atoms with Crippen LogP contribution in [0.4, 0.5) is 0 Å². The molecule has 0 atom stereocenters. The molecule has 1 N–H and O–H groups in total. The Labute approximate surface area is 88.3 Å². The summed E-state index contributed by atoms with van der Waals surface area (Å²) in [6.07, 6.45) is 1.55. The molecule has 0 saturated carbocycles. The van der Waals surface area contributed by atoms with E-state index >= 15 is 0 Å². The largest absolute Gasteiger partial charge is 0.481 e. The number of hydrogen-bond acceptors (Lipinski definition) is 2. The van der Waals surface area contributed by atoms with Crippen molar-refractivity contribution in [2.45, 2.75) is 6.42 Å². The van der Waals surface area contributed by atoms with Crippen LogP contribution >= 0.6 is 15.9 Å². The SMILES string of the molecule is O=C(O)Cc1cnc2cccc(Br)n12. The Balaban J connectivity index is 2.61. The molecule has 4 nitrogen and oxygen atoms in total. The van der Waals surface area contributed by atoms with Gasteiger partial charge in [0.1, 0.15) is 5.65 Å². The van der Waals surface area contributed by atoms with Gasteiger partial charge < -0.3 is 5.11 Å². The number of pyridine rings is 1. The number of aromatic nitrogens is 2. The van der Waals surface area contributed by atoms with E-state index in [1.165, 1.54) is 0 Å². The standard InChI is InChI=1S/C9H7BrN2O2/c10-7-2-1-3-8-11-5-6(12(7)8)4-9(13)14/h1-3,5H,4H2,(H,13,14). The summed E-state index contributed by atoms with van der Waals surface area (Å²) in [7, 11) is 0. The smallest absolute Gasteiger partial charge is 0.309 e. The average molecular weight is 255 g/mol. The van der Waals surface area contributed by atoms with Crippen LogP contribution in [0.2, 0.25) is 0 Å². The monoisotopic (exact) mass is 254 g/mol. The zero-order valence-electron chi connectivity index (χ0n) is 7.14. The van der Waals surface area contributed by atoms with Crippen LogP contribution < -0.4 is 0 Å². The van der Waals surface area contributed by atoms with E-state index in [0.29, 0.717) is 5.69 Å². The molecule has 5 heteroatoms. The fourth-order valence-electron chi connectivity index (χ4n) is 1.34.